The first-order valence-corrected chi connectivity index (χ1v) is 13.2. The maximum atomic E-state index is 13.7. The van der Waals surface area contributed by atoms with Gasteiger partial charge in [-0.3, -0.25) is 4.98 Å². The fourth-order valence-corrected chi connectivity index (χ4v) is 7.42. The Morgan fingerprint density at radius 2 is 1.57 bits per heavy atom. The van der Waals surface area contributed by atoms with Crippen molar-refractivity contribution in [1.82, 2.24) is 4.98 Å². The molecule has 1 aromatic heterocycles. The van der Waals surface area contributed by atoms with Crippen LogP contribution in [0.1, 0.15) is 50.8 Å². The Balaban J connectivity index is 2.01. The number of halogens is 1. The summed E-state index contributed by atoms with van der Waals surface area (Å²) in [4.78, 5) is 5.17. The minimum atomic E-state index is -1.05. The predicted molar refractivity (Wildman–Crippen MR) is 121 cm³/mol. The first-order valence-electron chi connectivity index (χ1n) is 10.6. The minimum absolute atomic E-state index is 0.177. The average molecular weight is 394 g/mol. The maximum absolute atomic E-state index is 13.7. The van der Waals surface area contributed by atoms with Crippen LogP contribution >= 0.6 is 7.26 Å². The molecular weight excluding hydrogens is 364 g/mol. The molecule has 28 heavy (non-hydrogen) atoms. The zero-order valence-corrected chi connectivity index (χ0v) is 18.1. The molecule has 0 radical (unpaired) electrons. The van der Waals surface area contributed by atoms with Gasteiger partial charge in [-0.25, -0.2) is 4.39 Å². The van der Waals surface area contributed by atoms with Crippen LogP contribution in [0.4, 0.5) is 4.39 Å². The molecule has 0 aliphatic heterocycles. The zero-order chi connectivity index (χ0) is 19.7. The second-order valence-electron chi connectivity index (χ2n) is 8.10. The number of rotatable bonds is 7. The van der Waals surface area contributed by atoms with Gasteiger partial charge in [-0.1, -0.05) is 30.3 Å². The van der Waals surface area contributed by atoms with Crippen LogP contribution in [0.3, 0.4) is 0 Å². The standard InChI is InChI=1S/C25H30FNP/c1-4-28(5-2,6-3)17-22-24(18-13-15-20(26)16-14-18)21-9-7-8-10-23(21)27-25(22)19-11-12-19/h7-10,13-16,19H,4-6,11-12,17H2,1-3H3/q+1. The van der Waals surface area contributed by atoms with Crippen molar-refractivity contribution in [3.8, 4) is 11.1 Å². The lowest BCUT2D eigenvalue weighted by molar-refractivity contribution is 0.628. The van der Waals surface area contributed by atoms with Crippen molar-refractivity contribution in [1.29, 1.82) is 0 Å². The Morgan fingerprint density at radius 1 is 0.929 bits per heavy atom. The lowest BCUT2D eigenvalue weighted by Gasteiger charge is -2.27. The van der Waals surface area contributed by atoms with Gasteiger partial charge in [0, 0.05) is 24.1 Å². The van der Waals surface area contributed by atoms with Crippen molar-refractivity contribution < 1.29 is 4.39 Å². The molecule has 1 aliphatic rings. The molecule has 0 unspecified atom stereocenters. The summed E-state index contributed by atoms with van der Waals surface area (Å²) in [5.74, 6) is 0.426. The number of nitrogens with zero attached hydrogens (tertiary/aromatic N) is 1. The van der Waals surface area contributed by atoms with Crippen LogP contribution in [0.2, 0.25) is 0 Å². The van der Waals surface area contributed by atoms with Crippen LogP contribution in [-0.4, -0.2) is 23.5 Å². The van der Waals surface area contributed by atoms with Crippen LogP contribution in [0.15, 0.2) is 48.5 Å². The fraction of sp³-hybridized carbons (Fsp3) is 0.400. The highest BCUT2D eigenvalue weighted by Crippen LogP contribution is 2.62. The van der Waals surface area contributed by atoms with Gasteiger partial charge in [0.1, 0.15) is 5.82 Å². The molecular formula is C25H30FNP+. The Kier molecular flexibility index (Phi) is 5.52. The smallest absolute Gasteiger partial charge is 0.123 e. The van der Waals surface area contributed by atoms with E-state index < -0.39 is 7.26 Å². The van der Waals surface area contributed by atoms with Crippen LogP contribution in [0, 0.1) is 5.82 Å². The van der Waals surface area contributed by atoms with Crippen molar-refractivity contribution in [2.24, 2.45) is 0 Å². The molecule has 146 valence electrons. The SMILES string of the molecule is CC[P+](CC)(CC)Cc1c(C2CC2)nc2ccccc2c1-c1ccc(F)cc1. The summed E-state index contributed by atoms with van der Waals surface area (Å²) in [6, 6.07) is 15.6. The van der Waals surface area contributed by atoms with Gasteiger partial charge in [-0.15, -0.1) is 0 Å². The third kappa shape index (κ3) is 3.60. The first kappa shape index (κ1) is 19.5. The highest BCUT2D eigenvalue weighted by atomic mass is 31.2. The molecule has 4 rings (SSSR count). The average Bonchev–Trinajstić information content (AvgIpc) is 3.57. The minimum Gasteiger partial charge on any atom is -0.252 e. The summed E-state index contributed by atoms with van der Waals surface area (Å²) >= 11 is 0. The van der Waals surface area contributed by atoms with E-state index in [0.29, 0.717) is 5.92 Å². The van der Waals surface area contributed by atoms with Crippen molar-refractivity contribution >= 4 is 18.2 Å². The van der Waals surface area contributed by atoms with Gasteiger partial charge in [0.05, 0.1) is 35.9 Å². The highest BCUT2D eigenvalue weighted by molar-refractivity contribution is 7.75. The van der Waals surface area contributed by atoms with Crippen molar-refractivity contribution in [2.75, 3.05) is 18.5 Å². The number of benzene rings is 2. The van der Waals surface area contributed by atoms with E-state index in [4.69, 9.17) is 4.98 Å². The monoisotopic (exact) mass is 394 g/mol. The maximum Gasteiger partial charge on any atom is 0.123 e. The molecule has 2 aromatic carbocycles. The number of fused-ring (bicyclic) bond motifs is 1. The van der Waals surface area contributed by atoms with Gasteiger partial charge >= 0.3 is 0 Å². The van der Waals surface area contributed by atoms with E-state index in [1.807, 2.05) is 12.1 Å². The molecule has 3 heteroatoms. The second-order valence-corrected chi connectivity index (χ2v) is 13.0. The molecule has 0 N–H and O–H groups in total. The summed E-state index contributed by atoms with van der Waals surface area (Å²) < 4.78 is 13.7. The fourth-order valence-electron chi connectivity index (χ4n) is 4.41. The third-order valence-corrected chi connectivity index (χ3v) is 11.6. The van der Waals surface area contributed by atoms with E-state index in [1.165, 1.54) is 53.5 Å². The van der Waals surface area contributed by atoms with Crippen LogP contribution in [0.25, 0.3) is 22.0 Å². The number of aromatic nitrogens is 1. The third-order valence-electron chi connectivity index (χ3n) is 6.63. The van der Waals surface area contributed by atoms with E-state index in [2.05, 4.69) is 45.0 Å². The van der Waals surface area contributed by atoms with Crippen LogP contribution in [-0.2, 0) is 6.16 Å². The molecule has 1 fully saturated rings. The Bertz CT molecular complexity index is 963. The topological polar surface area (TPSA) is 12.9 Å². The quantitative estimate of drug-likeness (QED) is 0.378. The highest BCUT2D eigenvalue weighted by Gasteiger charge is 2.37. The molecule has 0 amide bonds. The normalized spacial score (nSPS) is 14.6. The summed E-state index contributed by atoms with van der Waals surface area (Å²) in [5, 5.41) is 1.20. The largest absolute Gasteiger partial charge is 0.252 e. The van der Waals surface area contributed by atoms with Crippen LogP contribution < -0.4 is 0 Å². The molecule has 0 spiro atoms. The van der Waals surface area contributed by atoms with Crippen molar-refractivity contribution in [3.63, 3.8) is 0 Å². The van der Waals surface area contributed by atoms with E-state index >= 15 is 0 Å². The molecule has 1 heterocycles. The van der Waals surface area contributed by atoms with Crippen molar-refractivity contribution in [2.45, 2.75) is 45.7 Å². The number of hydrogen-bond acceptors (Lipinski definition) is 1. The molecule has 1 saturated carbocycles. The van der Waals surface area contributed by atoms with Gasteiger partial charge in [-0.2, -0.15) is 0 Å². The van der Waals surface area contributed by atoms with E-state index in [0.717, 1.165) is 17.2 Å². The zero-order valence-electron chi connectivity index (χ0n) is 17.2. The van der Waals surface area contributed by atoms with E-state index in [-0.39, 0.29) is 5.82 Å². The van der Waals surface area contributed by atoms with E-state index in [1.54, 1.807) is 12.1 Å². The van der Waals surface area contributed by atoms with E-state index in [9.17, 15) is 4.39 Å². The molecule has 0 saturated heterocycles. The summed E-state index contributed by atoms with van der Waals surface area (Å²) in [6.45, 7) is 7.09. The van der Waals surface area contributed by atoms with Gasteiger partial charge in [-0.05, 0) is 62.9 Å². The number of hydrogen-bond donors (Lipinski definition) is 0. The molecule has 1 nitrogen and oxygen atoms in total. The number of para-hydroxylation sites is 1. The Hall–Kier alpha value is -1.79. The van der Waals surface area contributed by atoms with Gasteiger partial charge in [0.25, 0.3) is 0 Å². The van der Waals surface area contributed by atoms with Gasteiger partial charge < -0.3 is 0 Å². The summed E-state index contributed by atoms with van der Waals surface area (Å²) in [6.07, 6.45) is 7.49. The van der Waals surface area contributed by atoms with Gasteiger partial charge in [0.15, 0.2) is 0 Å². The molecule has 0 atom stereocenters. The second kappa shape index (κ2) is 7.91. The lowest BCUT2D eigenvalue weighted by Crippen LogP contribution is -2.10. The van der Waals surface area contributed by atoms with Crippen molar-refractivity contribution in [3.05, 3.63) is 65.6 Å². The first-order chi connectivity index (χ1) is 13.6. The Labute approximate surface area is 168 Å². The molecule has 0 bridgehead atoms. The predicted octanol–water partition coefficient (Wildman–Crippen LogP) is 7.50. The summed E-state index contributed by atoms with van der Waals surface area (Å²) in [7, 11) is -1.05. The number of pyridine rings is 1. The lowest BCUT2D eigenvalue weighted by atomic mass is 9.93. The van der Waals surface area contributed by atoms with Gasteiger partial charge in [0.2, 0.25) is 0 Å². The summed E-state index contributed by atoms with van der Waals surface area (Å²) in [5.41, 5.74) is 6.26. The Morgan fingerprint density at radius 3 is 2.18 bits per heavy atom. The molecule has 3 aromatic rings. The van der Waals surface area contributed by atoms with Crippen LogP contribution in [0.5, 0.6) is 0 Å². The molecule has 1 aliphatic carbocycles.